The SMILES string of the molecule is O=c1c(OCC2(CF)CC2)c(N2CCN(S(=O)(=O)Cc3ccccn3)CC2)cnn1-c1cccc(Cl)c1. The third-order valence-electron chi connectivity index (χ3n) is 6.76. The molecule has 1 saturated heterocycles. The Morgan fingerprint density at radius 2 is 1.86 bits per heavy atom. The number of hydrogen-bond donors (Lipinski definition) is 0. The summed E-state index contributed by atoms with van der Waals surface area (Å²) in [5, 5.41) is 4.79. The van der Waals surface area contributed by atoms with Crippen LogP contribution in [-0.4, -0.2) is 66.9 Å². The van der Waals surface area contributed by atoms with Crippen molar-refractivity contribution in [3.8, 4) is 11.4 Å². The molecule has 9 nitrogen and oxygen atoms in total. The van der Waals surface area contributed by atoms with E-state index in [9.17, 15) is 17.6 Å². The van der Waals surface area contributed by atoms with Gasteiger partial charge in [0, 0.05) is 42.8 Å². The number of sulfonamides is 1. The maximum Gasteiger partial charge on any atom is 0.316 e. The average molecular weight is 548 g/mol. The highest BCUT2D eigenvalue weighted by Gasteiger charge is 2.44. The van der Waals surface area contributed by atoms with Gasteiger partial charge in [-0.15, -0.1) is 0 Å². The molecule has 196 valence electrons. The van der Waals surface area contributed by atoms with Crippen LogP contribution in [0.1, 0.15) is 18.5 Å². The van der Waals surface area contributed by atoms with Gasteiger partial charge in [0.25, 0.3) is 0 Å². The van der Waals surface area contributed by atoms with Crippen LogP contribution in [0.5, 0.6) is 5.75 Å². The van der Waals surface area contributed by atoms with Gasteiger partial charge in [0.2, 0.25) is 15.8 Å². The van der Waals surface area contributed by atoms with E-state index in [4.69, 9.17) is 16.3 Å². The Morgan fingerprint density at radius 3 is 2.51 bits per heavy atom. The number of alkyl halides is 1. The number of anilines is 1. The predicted molar refractivity (Wildman–Crippen MR) is 139 cm³/mol. The van der Waals surface area contributed by atoms with Crippen molar-refractivity contribution in [3.63, 3.8) is 0 Å². The topological polar surface area (TPSA) is 97.6 Å². The number of hydrogen-bond acceptors (Lipinski definition) is 7. The summed E-state index contributed by atoms with van der Waals surface area (Å²) >= 11 is 6.11. The van der Waals surface area contributed by atoms with E-state index in [0.717, 1.165) is 0 Å². The second-order valence-corrected chi connectivity index (χ2v) is 11.8. The molecule has 2 fully saturated rings. The number of benzene rings is 1. The fourth-order valence-corrected chi connectivity index (χ4v) is 5.90. The molecule has 0 N–H and O–H groups in total. The Hall–Kier alpha value is -3.02. The fraction of sp³-hybridized carbons (Fsp3) is 0.400. The van der Waals surface area contributed by atoms with E-state index in [1.54, 1.807) is 48.7 Å². The van der Waals surface area contributed by atoms with E-state index in [1.165, 1.54) is 15.2 Å². The minimum Gasteiger partial charge on any atom is -0.486 e. The van der Waals surface area contributed by atoms with Crippen molar-refractivity contribution < 1.29 is 17.5 Å². The van der Waals surface area contributed by atoms with E-state index < -0.39 is 27.7 Å². The molecule has 0 radical (unpaired) electrons. The smallest absolute Gasteiger partial charge is 0.316 e. The molecular formula is C25H27ClFN5O4S. The molecule has 0 atom stereocenters. The van der Waals surface area contributed by atoms with Crippen molar-refractivity contribution in [2.45, 2.75) is 18.6 Å². The molecule has 2 aromatic heterocycles. The average Bonchev–Trinajstić information content (AvgIpc) is 3.69. The van der Waals surface area contributed by atoms with Crippen molar-refractivity contribution in [2.24, 2.45) is 5.41 Å². The lowest BCUT2D eigenvalue weighted by atomic mass is 10.1. The second kappa shape index (κ2) is 10.4. The van der Waals surface area contributed by atoms with Crippen LogP contribution in [-0.2, 0) is 15.8 Å². The highest BCUT2D eigenvalue weighted by atomic mass is 35.5. The number of ether oxygens (including phenoxy) is 1. The van der Waals surface area contributed by atoms with Gasteiger partial charge in [-0.25, -0.2) is 8.42 Å². The number of nitrogens with zero attached hydrogens (tertiary/aromatic N) is 5. The molecule has 1 aliphatic heterocycles. The Balaban J connectivity index is 1.38. The van der Waals surface area contributed by atoms with Crippen molar-refractivity contribution in [1.29, 1.82) is 0 Å². The van der Waals surface area contributed by atoms with Gasteiger partial charge in [0.05, 0.1) is 30.9 Å². The zero-order valence-electron chi connectivity index (χ0n) is 20.1. The fourth-order valence-electron chi connectivity index (χ4n) is 4.27. The van der Waals surface area contributed by atoms with Crippen LogP contribution in [0.25, 0.3) is 5.69 Å². The molecule has 0 amide bonds. The highest BCUT2D eigenvalue weighted by Crippen LogP contribution is 2.46. The van der Waals surface area contributed by atoms with Crippen LogP contribution in [0, 0.1) is 5.41 Å². The van der Waals surface area contributed by atoms with Gasteiger partial charge in [-0.3, -0.25) is 14.2 Å². The number of piperazine rings is 1. The summed E-state index contributed by atoms with van der Waals surface area (Å²) in [4.78, 5) is 19.5. The van der Waals surface area contributed by atoms with E-state index in [2.05, 4.69) is 10.1 Å². The molecule has 1 aliphatic carbocycles. The quantitative estimate of drug-likeness (QED) is 0.406. The van der Waals surface area contributed by atoms with Crippen LogP contribution in [0.15, 0.2) is 59.7 Å². The van der Waals surface area contributed by atoms with Gasteiger partial charge in [-0.2, -0.15) is 14.1 Å². The van der Waals surface area contributed by atoms with E-state index in [1.807, 2.05) is 4.90 Å². The summed E-state index contributed by atoms with van der Waals surface area (Å²) in [6, 6.07) is 11.9. The third-order valence-corrected chi connectivity index (χ3v) is 8.81. The van der Waals surface area contributed by atoms with Crippen LogP contribution in [0.3, 0.4) is 0 Å². The predicted octanol–water partition coefficient (Wildman–Crippen LogP) is 3.06. The highest BCUT2D eigenvalue weighted by molar-refractivity contribution is 7.88. The molecular weight excluding hydrogens is 521 g/mol. The Bertz CT molecular complexity index is 1420. The molecule has 1 saturated carbocycles. The van der Waals surface area contributed by atoms with Gasteiger partial charge in [-0.1, -0.05) is 23.7 Å². The van der Waals surface area contributed by atoms with Gasteiger partial charge < -0.3 is 9.64 Å². The molecule has 0 bridgehead atoms. The number of aromatic nitrogens is 3. The molecule has 3 heterocycles. The van der Waals surface area contributed by atoms with Gasteiger partial charge in [-0.05, 0) is 43.2 Å². The summed E-state index contributed by atoms with van der Waals surface area (Å²) in [6.45, 7) is 0.732. The number of rotatable bonds is 9. The minimum absolute atomic E-state index is 0.0690. The van der Waals surface area contributed by atoms with Gasteiger partial charge in [0.15, 0.2) is 0 Å². The Kier molecular flexibility index (Phi) is 7.19. The Morgan fingerprint density at radius 1 is 1.08 bits per heavy atom. The van der Waals surface area contributed by atoms with Crippen LogP contribution in [0.2, 0.25) is 5.02 Å². The van der Waals surface area contributed by atoms with Gasteiger partial charge in [0.1, 0.15) is 11.4 Å². The molecule has 12 heteroatoms. The molecule has 37 heavy (non-hydrogen) atoms. The lowest BCUT2D eigenvalue weighted by molar-refractivity contribution is 0.197. The summed E-state index contributed by atoms with van der Waals surface area (Å²) in [7, 11) is -3.55. The summed E-state index contributed by atoms with van der Waals surface area (Å²) in [6.07, 6.45) is 4.51. The summed E-state index contributed by atoms with van der Waals surface area (Å²) in [5.41, 5.74) is 0.383. The first-order valence-corrected chi connectivity index (χ1v) is 14.0. The summed E-state index contributed by atoms with van der Waals surface area (Å²) in [5.74, 6) is -0.107. The van der Waals surface area contributed by atoms with Crippen LogP contribution < -0.4 is 15.2 Å². The number of halogens is 2. The largest absolute Gasteiger partial charge is 0.486 e. The van der Waals surface area contributed by atoms with Crippen molar-refractivity contribution in [2.75, 3.05) is 44.4 Å². The first-order chi connectivity index (χ1) is 17.8. The molecule has 5 rings (SSSR count). The normalized spacial score (nSPS) is 17.5. The van der Waals surface area contributed by atoms with Crippen LogP contribution >= 0.6 is 11.6 Å². The molecule has 3 aromatic rings. The first-order valence-electron chi connectivity index (χ1n) is 12.0. The maximum atomic E-state index is 13.5. The summed E-state index contributed by atoms with van der Waals surface area (Å²) < 4.78 is 48.0. The first kappa shape index (κ1) is 25.6. The molecule has 1 aromatic carbocycles. The molecule has 2 aliphatic rings. The monoisotopic (exact) mass is 547 g/mol. The van der Waals surface area contributed by atoms with E-state index in [-0.39, 0.29) is 31.2 Å². The van der Waals surface area contributed by atoms with E-state index in [0.29, 0.717) is 48.0 Å². The maximum absolute atomic E-state index is 13.5. The third kappa shape index (κ3) is 5.63. The van der Waals surface area contributed by atoms with Crippen LogP contribution in [0.4, 0.5) is 10.1 Å². The van der Waals surface area contributed by atoms with Crippen molar-refractivity contribution >= 4 is 27.3 Å². The van der Waals surface area contributed by atoms with Crippen molar-refractivity contribution in [1.82, 2.24) is 19.1 Å². The second-order valence-electron chi connectivity index (χ2n) is 9.44. The Labute approximate surface area is 219 Å². The lowest BCUT2D eigenvalue weighted by Gasteiger charge is -2.35. The zero-order valence-corrected chi connectivity index (χ0v) is 21.7. The lowest BCUT2D eigenvalue weighted by Crippen LogP contribution is -2.49. The standard InChI is InChI=1S/C25H27ClFN5O4S/c26-19-4-3-6-21(14-19)32-24(33)23(36-18-25(17-27)7-8-25)22(15-29-32)30-10-12-31(13-11-30)37(34,35)16-20-5-1-2-9-28-20/h1-6,9,14-15H,7-8,10-13,16-18H2. The molecule has 0 unspecified atom stereocenters. The number of pyridine rings is 1. The van der Waals surface area contributed by atoms with E-state index >= 15 is 0 Å². The van der Waals surface area contributed by atoms with Crippen molar-refractivity contribution in [3.05, 3.63) is 75.9 Å². The zero-order chi connectivity index (χ0) is 26.0. The van der Waals surface area contributed by atoms with Gasteiger partial charge >= 0.3 is 5.56 Å². The minimum atomic E-state index is -3.55. The molecule has 0 spiro atoms.